The first-order valence-electron chi connectivity index (χ1n) is 4.58. The molecule has 0 spiro atoms. The molecule has 2 N–H and O–H groups in total. The van der Waals surface area contributed by atoms with E-state index >= 15 is 0 Å². The molecule has 1 aromatic heterocycles. The van der Waals surface area contributed by atoms with Gasteiger partial charge < -0.3 is 0 Å². The first-order valence-corrected chi connectivity index (χ1v) is 4.58. The highest BCUT2D eigenvalue weighted by Crippen LogP contribution is 1.94. The summed E-state index contributed by atoms with van der Waals surface area (Å²) in [7, 11) is 0. The van der Waals surface area contributed by atoms with E-state index in [-0.39, 0.29) is 5.56 Å². The molecular weight excluding hydrogens is 180 g/mol. The van der Waals surface area contributed by atoms with Crippen LogP contribution >= 0.6 is 0 Å². The van der Waals surface area contributed by atoms with Crippen molar-refractivity contribution in [2.75, 3.05) is 5.43 Å². The van der Waals surface area contributed by atoms with Gasteiger partial charge in [-0.15, -0.1) is 0 Å². The summed E-state index contributed by atoms with van der Waals surface area (Å²) < 4.78 is 0. The average Bonchev–Trinajstić information content (AvgIpc) is 2.11. The topological polar surface area (TPSA) is 70.1 Å². The van der Waals surface area contributed by atoms with Gasteiger partial charge in [0, 0.05) is 18.0 Å². The van der Waals surface area contributed by atoms with Crippen LogP contribution in [0.1, 0.15) is 25.5 Å². The zero-order chi connectivity index (χ0) is 10.4. The molecule has 1 rings (SSSR count). The third-order valence-corrected chi connectivity index (χ3v) is 1.55. The molecule has 0 amide bonds. The Labute approximate surface area is 82.3 Å². The number of nitrogens with one attached hydrogen (secondary N) is 2. The lowest BCUT2D eigenvalue weighted by Gasteiger charge is -1.98. The maximum atomic E-state index is 11.0. The highest BCUT2D eigenvalue weighted by Gasteiger charge is 1.94. The smallest absolute Gasteiger partial charge is 0.252 e. The molecule has 0 saturated heterocycles. The number of aromatic nitrogens is 2. The Hall–Kier alpha value is -1.65. The summed E-state index contributed by atoms with van der Waals surface area (Å²) in [6, 6.07) is 1.43. The second kappa shape index (κ2) is 5.16. The maximum absolute atomic E-state index is 11.0. The summed E-state index contributed by atoms with van der Waals surface area (Å²) in [6.07, 6.45) is 3.70. The van der Waals surface area contributed by atoms with E-state index in [4.69, 9.17) is 0 Å². The second-order valence-electron chi connectivity index (χ2n) is 2.95. The van der Waals surface area contributed by atoms with Gasteiger partial charge >= 0.3 is 0 Å². The van der Waals surface area contributed by atoms with E-state index in [1.165, 1.54) is 6.07 Å². The fraction of sp³-hybridized carbons (Fsp3) is 0.444. The van der Waals surface area contributed by atoms with E-state index in [2.05, 4.69) is 27.4 Å². The number of rotatable bonds is 4. The third kappa shape index (κ3) is 3.38. The van der Waals surface area contributed by atoms with Crippen LogP contribution in [0.15, 0.2) is 16.0 Å². The Morgan fingerprint density at radius 1 is 1.71 bits per heavy atom. The van der Waals surface area contributed by atoms with Gasteiger partial charge in [0.25, 0.3) is 5.56 Å². The number of hydrazone groups is 1. The summed E-state index contributed by atoms with van der Waals surface area (Å²) >= 11 is 0. The summed E-state index contributed by atoms with van der Waals surface area (Å²) in [5, 5.41) is 3.91. The van der Waals surface area contributed by atoms with Crippen LogP contribution in [0.25, 0.3) is 0 Å². The highest BCUT2D eigenvalue weighted by atomic mass is 16.1. The standard InChI is InChI=1S/C9H14N4O/c1-3-4-5-10-13-9-11-7(2)6-8(14)12-9/h5-6H,3-4H2,1-2H3,(H2,11,12,13,14)/b10-5-. The number of hydrogen-bond donors (Lipinski definition) is 2. The van der Waals surface area contributed by atoms with E-state index < -0.39 is 0 Å². The van der Waals surface area contributed by atoms with Crippen molar-refractivity contribution in [1.82, 2.24) is 9.97 Å². The highest BCUT2D eigenvalue weighted by molar-refractivity contribution is 5.58. The lowest BCUT2D eigenvalue weighted by Crippen LogP contribution is -2.10. The minimum absolute atomic E-state index is 0.175. The minimum Gasteiger partial charge on any atom is -0.291 e. The molecule has 0 radical (unpaired) electrons. The molecule has 0 unspecified atom stereocenters. The molecule has 0 aliphatic heterocycles. The lowest BCUT2D eigenvalue weighted by atomic mass is 10.4. The first kappa shape index (κ1) is 10.4. The predicted molar refractivity (Wildman–Crippen MR) is 56.6 cm³/mol. The van der Waals surface area contributed by atoms with Gasteiger partial charge in [0.15, 0.2) is 0 Å². The van der Waals surface area contributed by atoms with Crippen LogP contribution in [0, 0.1) is 6.92 Å². The third-order valence-electron chi connectivity index (χ3n) is 1.55. The number of nitrogens with zero attached hydrogens (tertiary/aromatic N) is 2. The number of aryl methyl sites for hydroxylation is 1. The normalized spacial score (nSPS) is 10.7. The van der Waals surface area contributed by atoms with Crippen molar-refractivity contribution in [3.05, 3.63) is 22.1 Å². The Bertz CT molecular complexity index is 369. The molecule has 0 saturated carbocycles. The Balaban J connectivity index is 2.63. The molecule has 5 heteroatoms. The van der Waals surface area contributed by atoms with Gasteiger partial charge in [-0.25, -0.2) is 10.4 Å². The monoisotopic (exact) mass is 194 g/mol. The van der Waals surface area contributed by atoms with Gasteiger partial charge in [0.2, 0.25) is 5.95 Å². The summed E-state index contributed by atoms with van der Waals surface area (Å²) in [5.41, 5.74) is 3.16. The van der Waals surface area contributed by atoms with Crippen LogP contribution in [0.4, 0.5) is 5.95 Å². The van der Waals surface area contributed by atoms with Gasteiger partial charge in [-0.3, -0.25) is 9.78 Å². The van der Waals surface area contributed by atoms with E-state index in [1.54, 1.807) is 13.1 Å². The van der Waals surface area contributed by atoms with Gasteiger partial charge in [-0.05, 0) is 13.3 Å². The van der Waals surface area contributed by atoms with E-state index in [0.29, 0.717) is 11.6 Å². The molecule has 0 fully saturated rings. The van der Waals surface area contributed by atoms with Crippen LogP contribution < -0.4 is 11.0 Å². The first-order chi connectivity index (χ1) is 6.72. The van der Waals surface area contributed by atoms with Gasteiger partial charge in [0.05, 0.1) is 0 Å². The van der Waals surface area contributed by atoms with Crippen molar-refractivity contribution in [1.29, 1.82) is 0 Å². The van der Waals surface area contributed by atoms with E-state index in [0.717, 1.165) is 12.8 Å². The lowest BCUT2D eigenvalue weighted by molar-refractivity contribution is 0.996. The molecule has 0 aliphatic rings. The molecule has 14 heavy (non-hydrogen) atoms. The van der Waals surface area contributed by atoms with Gasteiger partial charge in [-0.2, -0.15) is 5.10 Å². The van der Waals surface area contributed by atoms with Crippen molar-refractivity contribution in [3.63, 3.8) is 0 Å². The number of aromatic amines is 1. The fourth-order valence-corrected chi connectivity index (χ4v) is 0.932. The second-order valence-corrected chi connectivity index (χ2v) is 2.95. The van der Waals surface area contributed by atoms with E-state index in [9.17, 15) is 4.79 Å². The van der Waals surface area contributed by atoms with Crippen LogP contribution in [-0.2, 0) is 0 Å². The number of unbranched alkanes of at least 4 members (excludes halogenated alkanes) is 1. The van der Waals surface area contributed by atoms with Crippen molar-refractivity contribution in [3.8, 4) is 0 Å². The zero-order valence-electron chi connectivity index (χ0n) is 8.37. The van der Waals surface area contributed by atoms with Gasteiger partial charge in [-0.1, -0.05) is 13.3 Å². The predicted octanol–water partition coefficient (Wildman–Crippen LogP) is 1.28. The summed E-state index contributed by atoms with van der Waals surface area (Å²) in [5.74, 6) is 0.377. The average molecular weight is 194 g/mol. The fourth-order valence-electron chi connectivity index (χ4n) is 0.932. The number of hydrogen-bond acceptors (Lipinski definition) is 4. The Morgan fingerprint density at radius 3 is 3.14 bits per heavy atom. The molecule has 1 heterocycles. The number of H-pyrrole nitrogens is 1. The maximum Gasteiger partial charge on any atom is 0.252 e. The van der Waals surface area contributed by atoms with Gasteiger partial charge in [0.1, 0.15) is 0 Å². The number of anilines is 1. The molecule has 76 valence electrons. The van der Waals surface area contributed by atoms with Crippen molar-refractivity contribution in [2.45, 2.75) is 26.7 Å². The van der Waals surface area contributed by atoms with Crippen LogP contribution in [0.2, 0.25) is 0 Å². The quantitative estimate of drug-likeness (QED) is 0.560. The van der Waals surface area contributed by atoms with Crippen molar-refractivity contribution >= 4 is 12.2 Å². The molecule has 0 bridgehead atoms. The summed E-state index contributed by atoms with van der Waals surface area (Å²) in [4.78, 5) is 17.6. The SMILES string of the molecule is CCC/C=N\Nc1nc(C)cc(=O)[nH]1. The van der Waals surface area contributed by atoms with E-state index in [1.807, 2.05) is 0 Å². The van der Waals surface area contributed by atoms with Crippen molar-refractivity contribution in [2.24, 2.45) is 5.10 Å². The molecule has 5 nitrogen and oxygen atoms in total. The molecule has 0 atom stereocenters. The van der Waals surface area contributed by atoms with Crippen LogP contribution in [0.3, 0.4) is 0 Å². The largest absolute Gasteiger partial charge is 0.291 e. The Kier molecular flexibility index (Phi) is 3.84. The van der Waals surface area contributed by atoms with Crippen LogP contribution in [-0.4, -0.2) is 16.2 Å². The van der Waals surface area contributed by atoms with Crippen molar-refractivity contribution < 1.29 is 0 Å². The zero-order valence-corrected chi connectivity index (χ0v) is 8.37. The summed E-state index contributed by atoms with van der Waals surface area (Å²) in [6.45, 7) is 3.83. The minimum atomic E-state index is -0.175. The molecule has 0 aliphatic carbocycles. The Morgan fingerprint density at radius 2 is 2.50 bits per heavy atom. The molecular formula is C9H14N4O. The van der Waals surface area contributed by atoms with Crippen LogP contribution in [0.5, 0.6) is 0 Å². The molecule has 0 aromatic carbocycles. The molecule has 1 aromatic rings.